The van der Waals surface area contributed by atoms with Gasteiger partial charge in [-0.15, -0.1) is 0 Å². The molecule has 0 atom stereocenters. The molecule has 322 valence electrons. The van der Waals surface area contributed by atoms with E-state index >= 15 is 0 Å². The number of fused-ring (bicyclic) bond motifs is 10. The fourth-order valence-electron chi connectivity index (χ4n) is 10.3. The number of benzene rings is 10. The van der Waals surface area contributed by atoms with Gasteiger partial charge in [0.15, 0.2) is 23.1 Å². The second-order valence-electron chi connectivity index (χ2n) is 17.6. The highest BCUT2D eigenvalue weighted by Gasteiger charge is 2.22. The Labute approximate surface area is 396 Å². The number of para-hydroxylation sites is 3. The van der Waals surface area contributed by atoms with E-state index in [0.29, 0.717) is 17.5 Å². The van der Waals surface area contributed by atoms with Gasteiger partial charge in [0.1, 0.15) is 5.58 Å². The van der Waals surface area contributed by atoms with E-state index in [-0.39, 0.29) is 0 Å². The lowest BCUT2D eigenvalue weighted by molar-refractivity contribution is 0.671. The highest BCUT2D eigenvalue weighted by atomic mass is 16.3. The molecule has 0 saturated carbocycles. The van der Waals surface area contributed by atoms with Crippen molar-refractivity contribution in [3.63, 3.8) is 0 Å². The average molecular weight is 882 g/mol. The van der Waals surface area contributed by atoms with Gasteiger partial charge in [-0.2, -0.15) is 0 Å². The lowest BCUT2D eigenvalue weighted by Gasteiger charge is -2.10. The van der Waals surface area contributed by atoms with Crippen LogP contribution in [-0.2, 0) is 0 Å². The van der Waals surface area contributed by atoms with Crippen LogP contribution in [0.5, 0.6) is 0 Å². The first-order chi connectivity index (χ1) is 34.2. The van der Waals surface area contributed by atoms with Crippen LogP contribution >= 0.6 is 0 Å². The molecule has 0 saturated heterocycles. The third-order valence-corrected chi connectivity index (χ3v) is 13.6. The molecule has 6 nitrogen and oxygen atoms in total. The van der Waals surface area contributed by atoms with E-state index in [1.165, 1.54) is 32.9 Å². The molecular weight excluding hydrogens is 843 g/mol. The molecule has 0 amide bonds. The summed E-state index contributed by atoms with van der Waals surface area (Å²) >= 11 is 0. The first-order valence-corrected chi connectivity index (χ1v) is 23.3. The van der Waals surface area contributed by atoms with Crippen molar-refractivity contribution in [1.82, 2.24) is 24.1 Å². The summed E-state index contributed by atoms with van der Waals surface area (Å²) in [5, 5.41) is 6.75. The number of hydrogen-bond donors (Lipinski definition) is 0. The second kappa shape index (κ2) is 15.6. The average Bonchev–Trinajstić information content (AvgIpc) is 4.09. The van der Waals surface area contributed by atoms with E-state index < -0.39 is 0 Å². The summed E-state index contributed by atoms with van der Waals surface area (Å²) in [6.07, 6.45) is 0. The van der Waals surface area contributed by atoms with Crippen molar-refractivity contribution in [2.45, 2.75) is 0 Å². The third kappa shape index (κ3) is 6.38. The van der Waals surface area contributed by atoms with Crippen molar-refractivity contribution < 1.29 is 4.42 Å². The molecule has 14 rings (SSSR count). The van der Waals surface area contributed by atoms with Gasteiger partial charge in [-0.25, -0.2) is 15.0 Å². The summed E-state index contributed by atoms with van der Waals surface area (Å²) in [5.74, 6) is 1.83. The van der Waals surface area contributed by atoms with Crippen LogP contribution in [0.2, 0.25) is 0 Å². The minimum Gasteiger partial charge on any atom is -0.454 e. The van der Waals surface area contributed by atoms with Crippen molar-refractivity contribution in [2.75, 3.05) is 0 Å². The quantitative estimate of drug-likeness (QED) is 0.160. The predicted molar refractivity (Wildman–Crippen MR) is 283 cm³/mol. The number of aromatic nitrogens is 5. The molecule has 69 heavy (non-hydrogen) atoms. The largest absolute Gasteiger partial charge is 0.454 e. The minimum atomic E-state index is 0.600. The maximum absolute atomic E-state index is 6.95. The second-order valence-corrected chi connectivity index (χ2v) is 17.6. The number of hydrogen-bond acceptors (Lipinski definition) is 4. The van der Waals surface area contributed by atoms with Crippen LogP contribution in [0.1, 0.15) is 0 Å². The molecule has 14 aromatic rings. The highest BCUT2D eigenvalue weighted by molar-refractivity contribution is 6.22. The lowest BCUT2D eigenvalue weighted by atomic mass is 9.98. The van der Waals surface area contributed by atoms with Crippen LogP contribution in [-0.4, -0.2) is 24.1 Å². The van der Waals surface area contributed by atoms with Crippen molar-refractivity contribution in [3.05, 3.63) is 237 Å². The van der Waals surface area contributed by atoms with Gasteiger partial charge < -0.3 is 13.6 Å². The number of furan rings is 1. The molecule has 4 heterocycles. The van der Waals surface area contributed by atoms with E-state index in [2.05, 4.69) is 209 Å². The molecular formula is C63H39N5O. The Hall–Kier alpha value is -9.39. The molecule has 0 radical (unpaired) electrons. The Kier molecular flexibility index (Phi) is 8.79. The molecule has 4 aromatic heterocycles. The Bertz CT molecular complexity index is 4230. The Morgan fingerprint density at radius 1 is 0.275 bits per heavy atom. The van der Waals surface area contributed by atoms with Gasteiger partial charge in [0, 0.05) is 60.4 Å². The Morgan fingerprint density at radius 2 is 0.783 bits per heavy atom. The summed E-state index contributed by atoms with van der Waals surface area (Å²) in [6.45, 7) is 0. The first-order valence-electron chi connectivity index (χ1n) is 23.3. The number of nitrogens with zero attached hydrogens (tertiary/aromatic N) is 5. The Morgan fingerprint density at radius 3 is 1.46 bits per heavy atom. The molecule has 0 aliphatic rings. The summed E-state index contributed by atoms with van der Waals surface area (Å²) in [5.41, 5.74) is 15.6. The zero-order chi connectivity index (χ0) is 45.4. The van der Waals surface area contributed by atoms with Crippen LogP contribution in [0.25, 0.3) is 133 Å². The van der Waals surface area contributed by atoms with E-state index in [1.54, 1.807) is 0 Å². The van der Waals surface area contributed by atoms with Crippen LogP contribution in [0.15, 0.2) is 241 Å². The fourth-order valence-corrected chi connectivity index (χ4v) is 10.3. The summed E-state index contributed by atoms with van der Waals surface area (Å²) < 4.78 is 11.6. The predicted octanol–water partition coefficient (Wildman–Crippen LogP) is 16.3. The lowest BCUT2D eigenvalue weighted by Crippen LogP contribution is -2.00. The number of rotatable bonds is 7. The molecule has 0 N–H and O–H groups in total. The van der Waals surface area contributed by atoms with Gasteiger partial charge in [0.2, 0.25) is 0 Å². The molecule has 0 aliphatic heterocycles. The normalized spacial score (nSPS) is 11.8. The molecule has 10 aromatic carbocycles. The topological polar surface area (TPSA) is 61.7 Å². The van der Waals surface area contributed by atoms with Gasteiger partial charge in [0.05, 0.1) is 22.1 Å². The Balaban J connectivity index is 0.919. The zero-order valence-corrected chi connectivity index (χ0v) is 37.2. The molecule has 0 spiro atoms. The van der Waals surface area contributed by atoms with Crippen LogP contribution in [0, 0.1) is 0 Å². The molecule has 0 aliphatic carbocycles. The highest BCUT2D eigenvalue weighted by Crippen LogP contribution is 2.43. The fraction of sp³-hybridized carbons (Fsp3) is 0. The van der Waals surface area contributed by atoms with E-state index in [0.717, 1.165) is 82.9 Å². The van der Waals surface area contributed by atoms with Gasteiger partial charge in [-0.3, -0.25) is 0 Å². The molecule has 0 fully saturated rings. The molecule has 0 unspecified atom stereocenters. The van der Waals surface area contributed by atoms with Crippen molar-refractivity contribution in [3.8, 4) is 67.8 Å². The molecule has 0 bridgehead atoms. The van der Waals surface area contributed by atoms with E-state index in [9.17, 15) is 0 Å². The van der Waals surface area contributed by atoms with Crippen molar-refractivity contribution in [2.24, 2.45) is 0 Å². The van der Waals surface area contributed by atoms with Gasteiger partial charge in [-0.1, -0.05) is 164 Å². The standard InChI is InChI=1S/C63H39N5O/c1-4-15-40(16-5-1)44-19-14-20-45(37-44)41-27-29-43(30-28-41)62-64-61(42-17-6-2-7-18-42)65-63(66-62)46-31-35-57-53(38-46)51-33-34-52-54-39-48(67-55-25-12-10-23-49(55)50-24-11-13-26-56(50)67)32-36-58(54)69-60(52)59(51)68(57)47-21-8-3-9-22-47/h1-39H. The smallest absolute Gasteiger partial charge is 0.164 e. The minimum absolute atomic E-state index is 0.600. The van der Waals surface area contributed by atoms with Crippen LogP contribution in [0.4, 0.5) is 0 Å². The maximum atomic E-state index is 6.95. The first kappa shape index (κ1) is 38.8. The maximum Gasteiger partial charge on any atom is 0.164 e. The SMILES string of the molecule is c1ccc(-c2cccc(-c3ccc(-c4nc(-c5ccccc5)nc(-c5ccc6c(c5)c5ccc7c8cc(-n9c%10ccccc%10c%10ccccc%109)ccc8oc7c5n6-c5ccccc5)n4)cc3)c2)cc1. The van der Waals surface area contributed by atoms with Crippen LogP contribution < -0.4 is 0 Å². The van der Waals surface area contributed by atoms with Crippen LogP contribution in [0.3, 0.4) is 0 Å². The monoisotopic (exact) mass is 881 g/mol. The van der Waals surface area contributed by atoms with E-state index in [4.69, 9.17) is 19.4 Å². The van der Waals surface area contributed by atoms with Gasteiger partial charge in [-0.05, 0) is 95.1 Å². The van der Waals surface area contributed by atoms with E-state index in [1.807, 2.05) is 36.4 Å². The van der Waals surface area contributed by atoms with Gasteiger partial charge >= 0.3 is 0 Å². The zero-order valence-electron chi connectivity index (χ0n) is 37.2. The molecule has 6 heteroatoms. The summed E-state index contributed by atoms with van der Waals surface area (Å²) in [6, 6.07) is 83.2. The van der Waals surface area contributed by atoms with Crippen molar-refractivity contribution in [1.29, 1.82) is 0 Å². The van der Waals surface area contributed by atoms with Gasteiger partial charge in [0.25, 0.3) is 0 Å². The summed E-state index contributed by atoms with van der Waals surface area (Å²) in [7, 11) is 0. The van der Waals surface area contributed by atoms with Crippen molar-refractivity contribution >= 4 is 65.6 Å². The third-order valence-electron chi connectivity index (χ3n) is 13.6. The summed E-state index contributed by atoms with van der Waals surface area (Å²) in [4.78, 5) is 15.4.